The molecule has 0 aromatic heterocycles. The molecule has 0 saturated heterocycles. The maximum Gasteiger partial charge on any atom is 0.338 e. The van der Waals surface area contributed by atoms with E-state index in [0.717, 1.165) is 24.3 Å². The molecule has 0 unspecified atom stereocenters. The Bertz CT molecular complexity index is 797. The van der Waals surface area contributed by atoms with Gasteiger partial charge in [-0.05, 0) is 36.4 Å². The highest BCUT2D eigenvalue weighted by Crippen LogP contribution is 2.11. The Balaban J connectivity index is 1.82. The van der Waals surface area contributed by atoms with Crippen molar-refractivity contribution in [1.29, 1.82) is 0 Å². The zero-order valence-corrected chi connectivity index (χ0v) is 12.9. The molecule has 0 atom stereocenters. The average molecular weight is 370 g/mol. The van der Waals surface area contributed by atoms with E-state index in [1.165, 1.54) is 0 Å². The fourth-order valence-corrected chi connectivity index (χ4v) is 1.75. The highest BCUT2D eigenvalue weighted by Gasteiger charge is 2.16. The van der Waals surface area contributed by atoms with Gasteiger partial charge in [-0.2, -0.15) is 0 Å². The van der Waals surface area contributed by atoms with Crippen LogP contribution in [-0.2, 0) is 14.3 Å². The molecule has 0 aliphatic carbocycles. The average Bonchev–Trinajstić information content (AvgIpc) is 2.62. The molecule has 0 N–H and O–H groups in total. The van der Waals surface area contributed by atoms with Gasteiger partial charge in [0.25, 0.3) is 0 Å². The van der Waals surface area contributed by atoms with Gasteiger partial charge in [-0.15, -0.1) is 0 Å². The zero-order chi connectivity index (χ0) is 19.3. The molecule has 2 rings (SSSR count). The van der Waals surface area contributed by atoms with Gasteiger partial charge in [0, 0.05) is 0 Å². The van der Waals surface area contributed by atoms with Gasteiger partial charge in [-0.25, -0.2) is 27.2 Å². The van der Waals surface area contributed by atoms with Crippen LogP contribution >= 0.6 is 0 Å². The first-order chi connectivity index (χ1) is 12.3. The molecule has 0 heterocycles. The summed E-state index contributed by atoms with van der Waals surface area (Å²) in [5, 5.41) is 0. The van der Waals surface area contributed by atoms with Crippen LogP contribution in [0.15, 0.2) is 36.4 Å². The minimum Gasteiger partial charge on any atom is -0.454 e. The molecule has 0 aliphatic heterocycles. The van der Waals surface area contributed by atoms with E-state index in [-0.39, 0.29) is 11.1 Å². The minimum atomic E-state index is -1.26. The lowest BCUT2D eigenvalue weighted by Gasteiger charge is -2.06. The first-order valence-corrected chi connectivity index (χ1v) is 7.04. The number of halogens is 4. The van der Waals surface area contributed by atoms with E-state index in [0.29, 0.717) is 12.1 Å². The Hall–Kier alpha value is -3.23. The van der Waals surface area contributed by atoms with Crippen LogP contribution in [0.3, 0.4) is 0 Å². The van der Waals surface area contributed by atoms with Crippen LogP contribution in [0.1, 0.15) is 20.7 Å². The second kappa shape index (κ2) is 8.24. The monoisotopic (exact) mass is 370 g/mol. The van der Waals surface area contributed by atoms with E-state index >= 15 is 0 Å². The molecule has 9 heteroatoms. The van der Waals surface area contributed by atoms with Crippen molar-refractivity contribution in [2.24, 2.45) is 0 Å². The fourth-order valence-electron chi connectivity index (χ4n) is 1.75. The third-order valence-electron chi connectivity index (χ3n) is 3.04. The maximum atomic E-state index is 13.0. The predicted molar refractivity (Wildman–Crippen MR) is 78.3 cm³/mol. The van der Waals surface area contributed by atoms with Crippen molar-refractivity contribution >= 4 is 17.7 Å². The number of carbonyl (C=O) groups is 3. The van der Waals surface area contributed by atoms with Crippen molar-refractivity contribution in [2.75, 3.05) is 13.2 Å². The van der Waals surface area contributed by atoms with Crippen molar-refractivity contribution in [2.45, 2.75) is 0 Å². The number of carbonyl (C=O) groups excluding carboxylic acids is 3. The Morgan fingerprint density at radius 3 is 1.38 bits per heavy atom. The van der Waals surface area contributed by atoms with Gasteiger partial charge in [-0.1, -0.05) is 0 Å². The zero-order valence-electron chi connectivity index (χ0n) is 12.9. The molecule has 2 aromatic rings. The summed E-state index contributed by atoms with van der Waals surface area (Å²) in [4.78, 5) is 34.7. The Kier molecular flexibility index (Phi) is 6.05. The molecule has 0 bridgehead atoms. The molecule has 0 amide bonds. The van der Waals surface area contributed by atoms with Crippen molar-refractivity contribution < 1.29 is 41.4 Å². The van der Waals surface area contributed by atoms with Crippen molar-refractivity contribution in [3.05, 3.63) is 70.8 Å². The number of rotatable bonds is 6. The summed E-state index contributed by atoms with van der Waals surface area (Å²) in [6, 6.07) is 4.58. The van der Waals surface area contributed by atoms with E-state index in [1.54, 1.807) is 0 Å². The van der Waals surface area contributed by atoms with Crippen LogP contribution in [0, 0.1) is 23.3 Å². The van der Waals surface area contributed by atoms with Crippen molar-refractivity contribution in [3.8, 4) is 0 Å². The Morgan fingerprint density at radius 1 is 0.654 bits per heavy atom. The van der Waals surface area contributed by atoms with E-state index in [2.05, 4.69) is 9.47 Å². The van der Waals surface area contributed by atoms with E-state index in [1.807, 2.05) is 0 Å². The predicted octanol–water partition coefficient (Wildman–Crippen LogP) is 2.83. The number of hydrogen-bond donors (Lipinski definition) is 0. The van der Waals surface area contributed by atoms with Crippen molar-refractivity contribution in [1.82, 2.24) is 0 Å². The van der Waals surface area contributed by atoms with Gasteiger partial charge in [0.2, 0.25) is 5.78 Å². The standard InChI is InChI=1S/C17H10F4O5/c18-12-3-1-9(5-14(12)20)16(23)25-7-11(22)8-26-17(24)10-2-4-13(19)15(21)6-10/h1-6H,7-8H2. The molecule has 0 saturated carbocycles. The summed E-state index contributed by atoms with van der Waals surface area (Å²) < 4.78 is 60.7. The first kappa shape index (κ1) is 19.1. The fraction of sp³-hybridized carbons (Fsp3) is 0.118. The molecule has 0 radical (unpaired) electrons. The SMILES string of the molecule is O=C(COC(=O)c1ccc(F)c(F)c1)COC(=O)c1ccc(F)c(F)c1. The topological polar surface area (TPSA) is 69.7 Å². The van der Waals surface area contributed by atoms with Crippen LogP contribution in [-0.4, -0.2) is 30.9 Å². The van der Waals surface area contributed by atoms with Gasteiger partial charge in [0.1, 0.15) is 0 Å². The molecule has 136 valence electrons. The summed E-state index contributed by atoms with van der Waals surface area (Å²) in [5.41, 5.74) is -0.619. The first-order valence-electron chi connectivity index (χ1n) is 7.04. The number of esters is 2. The van der Waals surface area contributed by atoms with E-state index < -0.39 is 54.2 Å². The van der Waals surface area contributed by atoms with Gasteiger partial charge in [0.15, 0.2) is 36.5 Å². The highest BCUT2D eigenvalue weighted by atomic mass is 19.2. The smallest absolute Gasteiger partial charge is 0.338 e. The van der Waals surface area contributed by atoms with Crippen LogP contribution in [0.4, 0.5) is 17.6 Å². The molecule has 0 aliphatic rings. The second-order valence-corrected chi connectivity index (χ2v) is 4.95. The van der Waals surface area contributed by atoms with E-state index in [4.69, 9.17) is 0 Å². The maximum absolute atomic E-state index is 13.0. The Morgan fingerprint density at radius 2 is 1.04 bits per heavy atom. The van der Waals surface area contributed by atoms with Crippen LogP contribution in [0.5, 0.6) is 0 Å². The molecule has 0 spiro atoms. The summed E-state index contributed by atoms with van der Waals surface area (Å²) in [6.07, 6.45) is 0. The summed E-state index contributed by atoms with van der Waals surface area (Å²) >= 11 is 0. The van der Waals surface area contributed by atoms with Crippen LogP contribution in [0.2, 0.25) is 0 Å². The number of Topliss-reactive ketones (excluding diaryl/α,β-unsaturated/α-hetero) is 1. The quantitative estimate of drug-likeness (QED) is 0.578. The van der Waals surface area contributed by atoms with Gasteiger partial charge >= 0.3 is 11.9 Å². The lowest BCUT2D eigenvalue weighted by molar-refractivity contribution is -0.125. The molecule has 26 heavy (non-hydrogen) atoms. The van der Waals surface area contributed by atoms with Gasteiger partial charge in [0.05, 0.1) is 11.1 Å². The van der Waals surface area contributed by atoms with Crippen LogP contribution < -0.4 is 0 Å². The van der Waals surface area contributed by atoms with Crippen molar-refractivity contribution in [3.63, 3.8) is 0 Å². The van der Waals surface area contributed by atoms with Crippen LogP contribution in [0.25, 0.3) is 0 Å². The van der Waals surface area contributed by atoms with E-state index in [9.17, 15) is 31.9 Å². The summed E-state index contributed by atoms with van der Waals surface area (Å²) in [5.74, 6) is -7.80. The number of hydrogen-bond acceptors (Lipinski definition) is 5. The summed E-state index contributed by atoms with van der Waals surface area (Å²) in [7, 11) is 0. The molecular formula is C17H10F4O5. The third kappa shape index (κ3) is 4.88. The highest BCUT2D eigenvalue weighted by molar-refractivity contribution is 5.93. The molecular weight excluding hydrogens is 360 g/mol. The third-order valence-corrected chi connectivity index (χ3v) is 3.04. The summed E-state index contributed by atoms with van der Waals surface area (Å²) in [6.45, 7) is -1.58. The normalized spacial score (nSPS) is 10.3. The van der Waals surface area contributed by atoms with Gasteiger partial charge in [-0.3, -0.25) is 4.79 Å². The number of benzene rings is 2. The number of ether oxygens (including phenoxy) is 2. The Labute approximate surface area is 144 Å². The lowest BCUT2D eigenvalue weighted by atomic mass is 10.2. The second-order valence-electron chi connectivity index (χ2n) is 4.95. The lowest BCUT2D eigenvalue weighted by Crippen LogP contribution is -2.21. The molecule has 2 aromatic carbocycles. The molecule has 5 nitrogen and oxygen atoms in total. The van der Waals surface area contributed by atoms with Gasteiger partial charge < -0.3 is 9.47 Å². The number of ketones is 1. The molecule has 0 fully saturated rings. The largest absolute Gasteiger partial charge is 0.454 e. The minimum absolute atomic E-state index is 0.310.